The van der Waals surface area contributed by atoms with Gasteiger partial charge in [0.1, 0.15) is 5.75 Å². The molecule has 0 amide bonds. The van der Waals surface area contributed by atoms with E-state index in [1.165, 1.54) is 0 Å². The highest BCUT2D eigenvalue weighted by Crippen LogP contribution is 2.41. The topological polar surface area (TPSA) is 9.23 Å². The molecule has 0 aliphatic carbocycles. The molecule has 0 unspecified atom stereocenters. The van der Waals surface area contributed by atoms with Crippen molar-refractivity contribution in [3.63, 3.8) is 0 Å². The normalized spacial score (nSPS) is 11.1. The molecule has 27 heavy (non-hydrogen) atoms. The molecule has 132 valence electrons. The van der Waals surface area contributed by atoms with Crippen LogP contribution in [0.15, 0.2) is 115 Å². The molecule has 0 atom stereocenters. The van der Waals surface area contributed by atoms with Crippen LogP contribution in [0.1, 0.15) is 22.3 Å². The van der Waals surface area contributed by atoms with Crippen molar-refractivity contribution in [2.75, 3.05) is 0 Å². The predicted molar refractivity (Wildman–Crippen MR) is 111 cm³/mol. The zero-order valence-electron chi connectivity index (χ0n) is 15.4. The molecule has 0 bridgehead atoms. The van der Waals surface area contributed by atoms with Gasteiger partial charge in [-0.2, -0.15) is 0 Å². The van der Waals surface area contributed by atoms with Crippen molar-refractivity contribution in [2.45, 2.75) is 12.5 Å². The molecule has 0 heterocycles. The van der Waals surface area contributed by atoms with Crippen LogP contribution in [0.25, 0.3) is 0 Å². The van der Waals surface area contributed by atoms with E-state index in [9.17, 15) is 0 Å². The summed E-state index contributed by atoms with van der Waals surface area (Å²) in [6.07, 6.45) is 0. The van der Waals surface area contributed by atoms with Gasteiger partial charge >= 0.3 is 0 Å². The van der Waals surface area contributed by atoms with E-state index in [2.05, 4.69) is 85.8 Å². The van der Waals surface area contributed by atoms with Gasteiger partial charge in [0, 0.05) is 16.7 Å². The minimum absolute atomic E-state index is 0.726. The van der Waals surface area contributed by atoms with Crippen molar-refractivity contribution in [1.82, 2.24) is 0 Å². The molecular weight excluding hydrogens is 328 g/mol. The van der Waals surface area contributed by atoms with Gasteiger partial charge in [0.2, 0.25) is 0 Å². The Labute approximate surface area is 160 Å². The average Bonchev–Trinajstić information content (AvgIpc) is 2.75. The number of hydrogen-bond donors (Lipinski definition) is 0. The molecule has 0 spiro atoms. The Bertz CT molecular complexity index is 895. The Balaban J connectivity index is 2.02. The average molecular weight is 350 g/mol. The van der Waals surface area contributed by atoms with E-state index in [1.807, 2.05) is 36.4 Å². The van der Waals surface area contributed by atoms with Gasteiger partial charge in [0.05, 0.1) is 0 Å². The maximum absolute atomic E-state index is 6.89. The lowest BCUT2D eigenvalue weighted by atomic mass is 9.80. The maximum atomic E-state index is 6.89. The van der Waals surface area contributed by atoms with Crippen LogP contribution in [-0.2, 0) is 5.60 Å². The minimum atomic E-state index is -0.726. The van der Waals surface area contributed by atoms with Crippen molar-refractivity contribution >= 4 is 0 Å². The monoisotopic (exact) mass is 350 g/mol. The van der Waals surface area contributed by atoms with Gasteiger partial charge in [-0.15, -0.1) is 0 Å². The highest BCUT2D eigenvalue weighted by molar-refractivity contribution is 5.49. The van der Waals surface area contributed by atoms with Crippen LogP contribution in [0.3, 0.4) is 0 Å². The fourth-order valence-electron chi connectivity index (χ4n) is 3.53. The van der Waals surface area contributed by atoms with Crippen LogP contribution in [0.4, 0.5) is 0 Å². The molecule has 0 fully saturated rings. The SMILES string of the molecule is Cc1ccccc1OC(c1ccccc1)(c1ccccc1)c1ccccc1. The standard InChI is InChI=1S/C26H22O/c1-21-13-11-12-20-25(21)27-26(22-14-5-2-6-15-22,23-16-7-3-8-17-23)24-18-9-4-10-19-24/h2-20H,1H3. The smallest absolute Gasteiger partial charge is 0.184 e. The molecule has 0 aliphatic rings. The van der Waals surface area contributed by atoms with E-state index in [0.29, 0.717) is 0 Å². The second-order valence-electron chi connectivity index (χ2n) is 6.65. The zero-order valence-corrected chi connectivity index (χ0v) is 15.4. The number of ether oxygens (including phenoxy) is 1. The van der Waals surface area contributed by atoms with Crippen LogP contribution < -0.4 is 4.74 Å². The van der Waals surface area contributed by atoms with E-state index in [0.717, 1.165) is 28.0 Å². The van der Waals surface area contributed by atoms with Crippen molar-refractivity contribution < 1.29 is 4.74 Å². The first-order valence-corrected chi connectivity index (χ1v) is 9.22. The molecule has 4 aromatic rings. The second kappa shape index (κ2) is 7.51. The van der Waals surface area contributed by atoms with E-state index < -0.39 is 5.60 Å². The molecule has 4 rings (SSSR count). The Kier molecular flexibility index (Phi) is 4.76. The highest BCUT2D eigenvalue weighted by atomic mass is 16.5. The quantitative estimate of drug-likeness (QED) is 0.380. The van der Waals surface area contributed by atoms with Crippen LogP contribution in [0.2, 0.25) is 0 Å². The van der Waals surface area contributed by atoms with Gasteiger partial charge in [-0.3, -0.25) is 0 Å². The van der Waals surface area contributed by atoms with Crippen LogP contribution in [-0.4, -0.2) is 0 Å². The second-order valence-corrected chi connectivity index (χ2v) is 6.65. The summed E-state index contributed by atoms with van der Waals surface area (Å²) in [6.45, 7) is 2.08. The summed E-state index contributed by atoms with van der Waals surface area (Å²) in [4.78, 5) is 0. The minimum Gasteiger partial charge on any atom is -0.473 e. The maximum Gasteiger partial charge on any atom is 0.184 e. The highest BCUT2D eigenvalue weighted by Gasteiger charge is 2.39. The molecule has 1 heteroatoms. The van der Waals surface area contributed by atoms with E-state index in [-0.39, 0.29) is 0 Å². The lowest BCUT2D eigenvalue weighted by Gasteiger charge is -2.36. The van der Waals surface area contributed by atoms with E-state index >= 15 is 0 Å². The van der Waals surface area contributed by atoms with Crippen LogP contribution >= 0.6 is 0 Å². The lowest BCUT2D eigenvalue weighted by molar-refractivity contribution is 0.154. The summed E-state index contributed by atoms with van der Waals surface area (Å²) in [5, 5.41) is 0. The first-order chi connectivity index (χ1) is 13.3. The third-order valence-corrected chi connectivity index (χ3v) is 4.90. The predicted octanol–water partition coefficient (Wildman–Crippen LogP) is 6.37. The summed E-state index contributed by atoms with van der Waals surface area (Å²) < 4.78 is 6.89. The third kappa shape index (κ3) is 3.24. The molecule has 0 radical (unpaired) electrons. The van der Waals surface area contributed by atoms with Gasteiger partial charge < -0.3 is 4.74 Å². The van der Waals surface area contributed by atoms with Crippen molar-refractivity contribution in [3.8, 4) is 5.75 Å². The van der Waals surface area contributed by atoms with Crippen molar-refractivity contribution in [2.24, 2.45) is 0 Å². The molecular formula is C26H22O. The fourth-order valence-corrected chi connectivity index (χ4v) is 3.53. The number of rotatable bonds is 5. The van der Waals surface area contributed by atoms with Gasteiger partial charge in [-0.05, 0) is 18.6 Å². The van der Waals surface area contributed by atoms with Gasteiger partial charge in [0.25, 0.3) is 0 Å². The summed E-state index contributed by atoms with van der Waals surface area (Å²) in [7, 11) is 0. The number of para-hydroxylation sites is 1. The Morgan fingerprint density at radius 3 is 1.26 bits per heavy atom. The number of hydrogen-bond acceptors (Lipinski definition) is 1. The number of benzene rings is 4. The Hall–Kier alpha value is -3.32. The molecule has 1 nitrogen and oxygen atoms in total. The summed E-state index contributed by atoms with van der Waals surface area (Å²) in [5.74, 6) is 0.883. The van der Waals surface area contributed by atoms with Crippen LogP contribution in [0.5, 0.6) is 5.75 Å². The van der Waals surface area contributed by atoms with Crippen molar-refractivity contribution in [1.29, 1.82) is 0 Å². The fraction of sp³-hybridized carbons (Fsp3) is 0.0769. The zero-order chi connectivity index (χ0) is 18.5. The van der Waals surface area contributed by atoms with E-state index in [1.54, 1.807) is 0 Å². The van der Waals surface area contributed by atoms with Crippen molar-refractivity contribution in [3.05, 3.63) is 138 Å². The molecule has 0 saturated heterocycles. The molecule has 0 aromatic heterocycles. The first kappa shape index (κ1) is 17.1. The van der Waals surface area contributed by atoms with Gasteiger partial charge in [-0.1, -0.05) is 109 Å². The summed E-state index contributed by atoms with van der Waals surface area (Å²) in [6, 6.07) is 39.5. The van der Waals surface area contributed by atoms with Gasteiger partial charge in [-0.25, -0.2) is 0 Å². The summed E-state index contributed by atoms with van der Waals surface area (Å²) in [5.41, 5.74) is 3.70. The first-order valence-electron chi connectivity index (χ1n) is 9.22. The molecule has 0 saturated carbocycles. The molecule has 4 aromatic carbocycles. The largest absolute Gasteiger partial charge is 0.473 e. The molecule has 0 N–H and O–H groups in total. The van der Waals surface area contributed by atoms with Gasteiger partial charge in [0.15, 0.2) is 5.60 Å². The molecule has 0 aliphatic heterocycles. The number of aryl methyl sites for hydroxylation is 1. The van der Waals surface area contributed by atoms with Crippen LogP contribution in [0, 0.1) is 6.92 Å². The Morgan fingerprint density at radius 1 is 0.481 bits per heavy atom. The lowest BCUT2D eigenvalue weighted by Crippen LogP contribution is -2.36. The summed E-state index contributed by atoms with van der Waals surface area (Å²) >= 11 is 0. The Morgan fingerprint density at radius 2 is 0.852 bits per heavy atom. The van der Waals surface area contributed by atoms with E-state index in [4.69, 9.17) is 4.74 Å². The third-order valence-electron chi connectivity index (χ3n) is 4.90.